The molecule has 4 fully saturated rings. The topological polar surface area (TPSA) is 79.3 Å². The molecule has 28 heavy (non-hydrogen) atoms. The molecule has 1 saturated carbocycles. The van der Waals surface area contributed by atoms with E-state index in [-0.39, 0.29) is 29.8 Å². The SMILES string of the molecule is Cl.O=C1CCC[C@H]2[C@H]3CNC[C@H](C3)[C@H](CNC(=O)C3(Cn4cccn4)CC3)N12. The third-order valence-corrected chi connectivity index (χ3v) is 7.23. The molecular weight excluding hydrogens is 378 g/mol. The van der Waals surface area contributed by atoms with Gasteiger partial charge in [0.05, 0.1) is 18.0 Å². The molecular formula is C20H30ClN5O2. The van der Waals surface area contributed by atoms with Crippen LogP contribution < -0.4 is 10.6 Å². The number of amides is 2. The second-order valence-corrected chi connectivity index (χ2v) is 8.94. The lowest BCUT2D eigenvalue weighted by Crippen LogP contribution is -2.66. The maximum Gasteiger partial charge on any atom is 0.228 e. The number of nitrogens with zero attached hydrogens (tertiary/aromatic N) is 3. The highest BCUT2D eigenvalue weighted by molar-refractivity contribution is 5.85. The van der Waals surface area contributed by atoms with Crippen LogP contribution >= 0.6 is 12.4 Å². The minimum absolute atomic E-state index is 0. The van der Waals surface area contributed by atoms with E-state index in [2.05, 4.69) is 20.6 Å². The molecule has 3 saturated heterocycles. The van der Waals surface area contributed by atoms with E-state index < -0.39 is 0 Å². The normalized spacial score (nSPS) is 32.9. The Bertz CT molecular complexity index is 720. The van der Waals surface area contributed by atoms with Crippen LogP contribution in [0.1, 0.15) is 38.5 Å². The van der Waals surface area contributed by atoms with Crippen LogP contribution in [-0.4, -0.2) is 58.2 Å². The highest BCUT2D eigenvalue weighted by atomic mass is 35.5. The van der Waals surface area contributed by atoms with Crippen molar-refractivity contribution in [1.82, 2.24) is 25.3 Å². The van der Waals surface area contributed by atoms with Crippen molar-refractivity contribution in [3.63, 3.8) is 0 Å². The Hall–Kier alpha value is -1.60. The van der Waals surface area contributed by atoms with E-state index in [1.165, 1.54) is 6.42 Å². The van der Waals surface area contributed by atoms with Gasteiger partial charge in [0.1, 0.15) is 0 Å². The molecule has 8 heteroatoms. The molecule has 7 nitrogen and oxygen atoms in total. The van der Waals surface area contributed by atoms with Crippen molar-refractivity contribution in [3.8, 4) is 0 Å². The minimum atomic E-state index is -0.306. The van der Waals surface area contributed by atoms with E-state index in [0.717, 1.165) is 38.8 Å². The summed E-state index contributed by atoms with van der Waals surface area (Å²) in [6.45, 7) is 3.21. The van der Waals surface area contributed by atoms with Crippen LogP contribution in [0.2, 0.25) is 0 Å². The zero-order chi connectivity index (χ0) is 18.4. The number of carbonyl (C=O) groups excluding carboxylic acids is 2. The Labute approximate surface area is 172 Å². The van der Waals surface area contributed by atoms with Crippen LogP contribution in [0.3, 0.4) is 0 Å². The zero-order valence-corrected chi connectivity index (χ0v) is 17.0. The highest BCUT2D eigenvalue weighted by Crippen LogP contribution is 2.47. The van der Waals surface area contributed by atoms with Crippen molar-refractivity contribution in [2.24, 2.45) is 17.3 Å². The van der Waals surface area contributed by atoms with Crippen molar-refractivity contribution in [3.05, 3.63) is 18.5 Å². The van der Waals surface area contributed by atoms with Crippen LogP contribution in [0.15, 0.2) is 18.5 Å². The lowest BCUT2D eigenvalue weighted by atomic mass is 9.72. The number of piperidine rings is 3. The van der Waals surface area contributed by atoms with Crippen molar-refractivity contribution >= 4 is 24.2 Å². The van der Waals surface area contributed by atoms with Gasteiger partial charge < -0.3 is 15.5 Å². The Morgan fingerprint density at radius 1 is 1.32 bits per heavy atom. The number of nitrogens with one attached hydrogen (secondary N) is 2. The molecule has 0 radical (unpaired) electrons. The summed E-state index contributed by atoms with van der Waals surface area (Å²) >= 11 is 0. The summed E-state index contributed by atoms with van der Waals surface area (Å²) in [5, 5.41) is 11.0. The molecule has 4 atom stereocenters. The Balaban J connectivity index is 0.00000192. The molecule has 2 bridgehead atoms. The molecule has 2 amide bonds. The average molecular weight is 408 g/mol. The van der Waals surface area contributed by atoms with Crippen molar-refractivity contribution in [1.29, 1.82) is 0 Å². The third kappa shape index (κ3) is 3.43. The molecule has 1 aromatic heterocycles. The number of rotatable bonds is 5. The third-order valence-electron chi connectivity index (χ3n) is 7.23. The number of aromatic nitrogens is 2. The predicted octanol–water partition coefficient (Wildman–Crippen LogP) is 1.19. The van der Waals surface area contributed by atoms with Gasteiger partial charge in [-0.2, -0.15) is 5.10 Å². The molecule has 154 valence electrons. The maximum atomic E-state index is 12.9. The predicted molar refractivity (Wildman–Crippen MR) is 107 cm³/mol. The average Bonchev–Trinajstić information content (AvgIpc) is 3.28. The fourth-order valence-electron chi connectivity index (χ4n) is 5.59. The quantitative estimate of drug-likeness (QED) is 0.768. The number of halogens is 1. The van der Waals surface area contributed by atoms with Gasteiger partial charge >= 0.3 is 0 Å². The van der Waals surface area contributed by atoms with Gasteiger partial charge in [0, 0.05) is 37.9 Å². The summed E-state index contributed by atoms with van der Waals surface area (Å²) in [4.78, 5) is 27.8. The standard InChI is InChI=1S/C20H29N5O2.ClH/c26-18-4-1-3-16-14-9-15(11-21-10-14)17(25(16)18)12-22-19(27)20(5-6-20)13-24-8-2-7-23-24;/h2,7-8,14-17,21H,1,3-6,9-13H2,(H,22,27);1H/t14-,15+,16+,17+;/m1./s1. The number of carbonyl (C=O) groups is 2. The number of fused-ring (bicyclic) bond motifs is 4. The van der Waals surface area contributed by atoms with Crippen LogP contribution in [0.5, 0.6) is 0 Å². The van der Waals surface area contributed by atoms with Gasteiger partial charge in [0.15, 0.2) is 0 Å². The lowest BCUT2D eigenvalue weighted by Gasteiger charge is -2.54. The van der Waals surface area contributed by atoms with E-state index in [4.69, 9.17) is 0 Å². The summed E-state index contributed by atoms with van der Waals surface area (Å²) < 4.78 is 1.85. The lowest BCUT2D eigenvalue weighted by molar-refractivity contribution is -0.149. The molecule has 0 spiro atoms. The summed E-state index contributed by atoms with van der Waals surface area (Å²) in [5.41, 5.74) is -0.306. The monoisotopic (exact) mass is 407 g/mol. The summed E-state index contributed by atoms with van der Waals surface area (Å²) in [6.07, 6.45) is 9.47. The molecule has 1 aliphatic carbocycles. The molecule has 3 aliphatic heterocycles. The van der Waals surface area contributed by atoms with Crippen LogP contribution in [0.25, 0.3) is 0 Å². The van der Waals surface area contributed by atoms with E-state index in [9.17, 15) is 9.59 Å². The number of hydrogen-bond acceptors (Lipinski definition) is 4. The minimum Gasteiger partial charge on any atom is -0.353 e. The molecule has 4 aliphatic rings. The molecule has 0 aromatic carbocycles. The summed E-state index contributed by atoms with van der Waals surface area (Å²) in [6, 6.07) is 2.39. The fraction of sp³-hybridized carbons (Fsp3) is 0.750. The maximum absolute atomic E-state index is 12.9. The van der Waals surface area contributed by atoms with Gasteiger partial charge in [-0.05, 0) is 56.6 Å². The van der Waals surface area contributed by atoms with Gasteiger partial charge in [-0.1, -0.05) is 0 Å². The molecule has 0 unspecified atom stereocenters. The van der Waals surface area contributed by atoms with Gasteiger partial charge in [-0.25, -0.2) is 0 Å². The molecule has 1 aromatic rings. The first-order valence-electron chi connectivity index (χ1n) is 10.4. The fourth-order valence-corrected chi connectivity index (χ4v) is 5.59. The summed E-state index contributed by atoms with van der Waals surface area (Å²) in [7, 11) is 0. The van der Waals surface area contributed by atoms with Crippen molar-refractivity contribution in [2.75, 3.05) is 19.6 Å². The second kappa shape index (κ2) is 7.67. The Morgan fingerprint density at radius 3 is 2.89 bits per heavy atom. The Kier molecular flexibility index (Phi) is 5.40. The van der Waals surface area contributed by atoms with Gasteiger partial charge in [-0.3, -0.25) is 14.3 Å². The Morgan fingerprint density at radius 2 is 2.14 bits per heavy atom. The summed E-state index contributed by atoms with van der Waals surface area (Å²) in [5.74, 6) is 1.45. The van der Waals surface area contributed by atoms with Crippen molar-refractivity contribution in [2.45, 2.75) is 57.2 Å². The van der Waals surface area contributed by atoms with Gasteiger partial charge in [-0.15, -0.1) is 12.4 Å². The number of hydrogen-bond donors (Lipinski definition) is 2. The van der Waals surface area contributed by atoms with E-state index >= 15 is 0 Å². The van der Waals surface area contributed by atoms with Crippen LogP contribution in [0, 0.1) is 17.3 Å². The largest absolute Gasteiger partial charge is 0.353 e. The zero-order valence-electron chi connectivity index (χ0n) is 16.2. The molecule has 2 N–H and O–H groups in total. The second-order valence-electron chi connectivity index (χ2n) is 8.94. The first kappa shape index (κ1) is 19.7. The van der Waals surface area contributed by atoms with E-state index in [1.54, 1.807) is 6.20 Å². The van der Waals surface area contributed by atoms with E-state index in [0.29, 0.717) is 43.3 Å². The van der Waals surface area contributed by atoms with Gasteiger partial charge in [0.2, 0.25) is 11.8 Å². The van der Waals surface area contributed by atoms with Crippen molar-refractivity contribution < 1.29 is 9.59 Å². The first-order valence-corrected chi connectivity index (χ1v) is 10.4. The smallest absolute Gasteiger partial charge is 0.228 e. The highest BCUT2D eigenvalue weighted by Gasteiger charge is 2.52. The molecule has 5 rings (SSSR count). The van der Waals surface area contributed by atoms with Crippen LogP contribution in [-0.2, 0) is 16.1 Å². The first-order chi connectivity index (χ1) is 13.2. The molecule has 4 heterocycles. The van der Waals surface area contributed by atoms with Crippen LogP contribution in [0.4, 0.5) is 0 Å². The van der Waals surface area contributed by atoms with E-state index in [1.807, 2.05) is 16.9 Å². The van der Waals surface area contributed by atoms with Gasteiger partial charge in [0.25, 0.3) is 0 Å².